The van der Waals surface area contributed by atoms with E-state index in [0.717, 1.165) is 16.5 Å². The molecule has 4 heteroatoms. The second-order valence-corrected chi connectivity index (χ2v) is 4.44. The van der Waals surface area contributed by atoms with Crippen molar-refractivity contribution in [3.05, 3.63) is 59.7 Å². The molecule has 3 aromatic rings. The summed E-state index contributed by atoms with van der Waals surface area (Å²) in [5, 5.41) is 10.8. The highest BCUT2D eigenvalue weighted by Crippen LogP contribution is 2.20. The first-order valence-corrected chi connectivity index (χ1v) is 6.05. The summed E-state index contributed by atoms with van der Waals surface area (Å²) in [6.07, 6.45) is 0. The number of carbonyl (C=O) groups is 1. The van der Waals surface area contributed by atoms with E-state index < -0.39 is 0 Å². The van der Waals surface area contributed by atoms with E-state index in [4.69, 9.17) is 0 Å². The molecular formula is C15H13N3O. The molecule has 0 unspecified atom stereocenters. The van der Waals surface area contributed by atoms with E-state index in [0.29, 0.717) is 11.4 Å². The van der Waals surface area contributed by atoms with Crippen molar-refractivity contribution in [3.8, 4) is 0 Å². The summed E-state index contributed by atoms with van der Waals surface area (Å²) in [7, 11) is 0. The topological polar surface area (TPSA) is 57.8 Å². The Kier molecular flexibility index (Phi) is 2.76. The zero-order chi connectivity index (χ0) is 13.2. The molecule has 0 aliphatic heterocycles. The maximum atomic E-state index is 12.1. The lowest BCUT2D eigenvalue weighted by molar-refractivity contribution is 0.102. The zero-order valence-corrected chi connectivity index (χ0v) is 10.5. The number of aromatic amines is 1. The Morgan fingerprint density at radius 2 is 2.00 bits per heavy atom. The number of carbonyl (C=O) groups excluding carboxylic acids is 1. The fraction of sp³-hybridized carbons (Fsp3) is 0.0667. The van der Waals surface area contributed by atoms with Crippen molar-refractivity contribution in [2.24, 2.45) is 0 Å². The van der Waals surface area contributed by atoms with Crippen LogP contribution in [0, 0.1) is 6.92 Å². The number of hydrogen-bond donors (Lipinski definition) is 2. The summed E-state index contributed by atoms with van der Waals surface area (Å²) in [6.45, 7) is 1.96. The number of hydrogen-bond acceptors (Lipinski definition) is 2. The third-order valence-corrected chi connectivity index (χ3v) is 2.98. The van der Waals surface area contributed by atoms with E-state index in [1.165, 1.54) is 0 Å². The van der Waals surface area contributed by atoms with Gasteiger partial charge >= 0.3 is 0 Å². The molecule has 2 N–H and O–H groups in total. The number of anilines is 1. The highest BCUT2D eigenvalue weighted by atomic mass is 16.1. The fourth-order valence-electron chi connectivity index (χ4n) is 2.02. The van der Waals surface area contributed by atoms with Gasteiger partial charge in [0.1, 0.15) is 0 Å². The molecule has 0 aliphatic carbocycles. The molecule has 2 aromatic carbocycles. The van der Waals surface area contributed by atoms with Crippen LogP contribution in [-0.4, -0.2) is 16.1 Å². The highest BCUT2D eigenvalue weighted by Gasteiger charge is 2.10. The number of nitrogens with zero attached hydrogens (tertiary/aromatic N) is 1. The average Bonchev–Trinajstić information content (AvgIpc) is 2.82. The molecule has 0 atom stereocenters. The number of rotatable bonds is 2. The molecule has 4 nitrogen and oxygen atoms in total. The summed E-state index contributed by atoms with van der Waals surface area (Å²) in [6, 6.07) is 15.1. The quantitative estimate of drug-likeness (QED) is 0.735. The Balaban J connectivity index is 1.91. The van der Waals surface area contributed by atoms with E-state index >= 15 is 0 Å². The largest absolute Gasteiger partial charge is 0.305 e. The predicted octanol–water partition coefficient (Wildman–Crippen LogP) is 3.12. The smallest absolute Gasteiger partial charge is 0.256 e. The van der Waals surface area contributed by atoms with Gasteiger partial charge in [0.25, 0.3) is 5.91 Å². The van der Waals surface area contributed by atoms with Gasteiger partial charge in [-0.3, -0.25) is 9.89 Å². The van der Waals surface area contributed by atoms with Crippen LogP contribution in [0.15, 0.2) is 48.5 Å². The minimum absolute atomic E-state index is 0.152. The fourth-order valence-corrected chi connectivity index (χ4v) is 2.02. The minimum Gasteiger partial charge on any atom is -0.305 e. The van der Waals surface area contributed by atoms with Crippen LogP contribution in [0.5, 0.6) is 0 Å². The van der Waals surface area contributed by atoms with Gasteiger partial charge in [0.15, 0.2) is 5.82 Å². The molecule has 1 aromatic heterocycles. The van der Waals surface area contributed by atoms with Gasteiger partial charge in [0.05, 0.1) is 5.52 Å². The standard InChI is InChI=1S/C15H13N3O/c1-10-5-4-6-11(9-10)15(19)16-14-12-7-2-3-8-13(12)17-18-14/h2-9H,1H3,(H2,16,17,18,19). The van der Waals surface area contributed by atoms with Crippen molar-refractivity contribution < 1.29 is 4.79 Å². The molecule has 19 heavy (non-hydrogen) atoms. The second kappa shape index (κ2) is 4.57. The van der Waals surface area contributed by atoms with E-state index in [2.05, 4.69) is 15.5 Å². The van der Waals surface area contributed by atoms with Gasteiger partial charge in [-0.25, -0.2) is 0 Å². The first-order chi connectivity index (χ1) is 9.24. The van der Waals surface area contributed by atoms with Crippen LogP contribution in [0.2, 0.25) is 0 Å². The van der Waals surface area contributed by atoms with Crippen molar-refractivity contribution >= 4 is 22.6 Å². The zero-order valence-electron chi connectivity index (χ0n) is 10.5. The molecule has 94 valence electrons. The third kappa shape index (κ3) is 2.20. The number of para-hydroxylation sites is 1. The first-order valence-electron chi connectivity index (χ1n) is 6.05. The van der Waals surface area contributed by atoms with Gasteiger partial charge in [-0.1, -0.05) is 29.8 Å². The van der Waals surface area contributed by atoms with Gasteiger partial charge in [-0.2, -0.15) is 5.10 Å². The molecule has 1 heterocycles. The number of benzene rings is 2. The van der Waals surface area contributed by atoms with Crippen molar-refractivity contribution in [2.45, 2.75) is 6.92 Å². The molecule has 0 bridgehead atoms. The second-order valence-electron chi connectivity index (χ2n) is 4.44. The molecule has 0 aliphatic rings. The SMILES string of the molecule is Cc1cccc(C(=O)Nc2n[nH]c3ccccc23)c1. The Hall–Kier alpha value is -2.62. The number of aryl methyl sites for hydroxylation is 1. The van der Waals surface area contributed by atoms with Crippen LogP contribution in [0.1, 0.15) is 15.9 Å². The molecular weight excluding hydrogens is 238 g/mol. The molecule has 3 rings (SSSR count). The van der Waals surface area contributed by atoms with Gasteiger partial charge in [0, 0.05) is 10.9 Å². The van der Waals surface area contributed by atoms with Crippen LogP contribution < -0.4 is 5.32 Å². The Morgan fingerprint density at radius 1 is 1.16 bits per heavy atom. The van der Waals surface area contributed by atoms with Gasteiger partial charge in [-0.05, 0) is 31.2 Å². The molecule has 1 amide bonds. The summed E-state index contributed by atoms with van der Waals surface area (Å²) in [5.74, 6) is 0.406. The number of fused-ring (bicyclic) bond motifs is 1. The van der Waals surface area contributed by atoms with Gasteiger partial charge < -0.3 is 5.32 Å². The Labute approximate surface area is 110 Å². The third-order valence-electron chi connectivity index (χ3n) is 2.98. The number of amides is 1. The first kappa shape index (κ1) is 11.5. The van der Waals surface area contributed by atoms with Crippen LogP contribution in [0.25, 0.3) is 10.9 Å². The number of aromatic nitrogens is 2. The molecule has 0 spiro atoms. The molecule has 0 fully saturated rings. The predicted molar refractivity (Wildman–Crippen MR) is 75.2 cm³/mol. The summed E-state index contributed by atoms with van der Waals surface area (Å²) in [5.41, 5.74) is 2.59. The highest BCUT2D eigenvalue weighted by molar-refractivity contribution is 6.07. The van der Waals surface area contributed by atoms with Crippen LogP contribution >= 0.6 is 0 Å². The van der Waals surface area contributed by atoms with Crippen molar-refractivity contribution in [1.82, 2.24) is 10.2 Å². The number of H-pyrrole nitrogens is 1. The molecule has 0 saturated carbocycles. The Bertz CT molecular complexity index is 746. The van der Waals surface area contributed by atoms with E-state index in [1.54, 1.807) is 6.07 Å². The lowest BCUT2D eigenvalue weighted by Crippen LogP contribution is -2.12. The molecule has 0 saturated heterocycles. The summed E-state index contributed by atoms with van der Waals surface area (Å²) >= 11 is 0. The van der Waals surface area contributed by atoms with Crippen molar-refractivity contribution in [3.63, 3.8) is 0 Å². The van der Waals surface area contributed by atoms with E-state index in [9.17, 15) is 4.79 Å². The monoisotopic (exact) mass is 251 g/mol. The maximum absolute atomic E-state index is 12.1. The lowest BCUT2D eigenvalue weighted by Gasteiger charge is -2.03. The normalized spacial score (nSPS) is 10.6. The Morgan fingerprint density at radius 3 is 2.84 bits per heavy atom. The van der Waals surface area contributed by atoms with E-state index in [-0.39, 0.29) is 5.91 Å². The van der Waals surface area contributed by atoms with Crippen LogP contribution in [-0.2, 0) is 0 Å². The van der Waals surface area contributed by atoms with Crippen molar-refractivity contribution in [2.75, 3.05) is 5.32 Å². The average molecular weight is 251 g/mol. The number of nitrogens with one attached hydrogen (secondary N) is 2. The summed E-state index contributed by atoms with van der Waals surface area (Å²) < 4.78 is 0. The van der Waals surface area contributed by atoms with Crippen LogP contribution in [0.3, 0.4) is 0 Å². The van der Waals surface area contributed by atoms with Gasteiger partial charge in [0.2, 0.25) is 0 Å². The molecule has 0 radical (unpaired) electrons. The maximum Gasteiger partial charge on any atom is 0.256 e. The summed E-state index contributed by atoms with van der Waals surface area (Å²) in [4.78, 5) is 12.1. The van der Waals surface area contributed by atoms with Gasteiger partial charge in [-0.15, -0.1) is 0 Å². The van der Waals surface area contributed by atoms with Crippen LogP contribution in [0.4, 0.5) is 5.82 Å². The van der Waals surface area contributed by atoms with Crippen molar-refractivity contribution in [1.29, 1.82) is 0 Å². The lowest BCUT2D eigenvalue weighted by atomic mass is 10.1. The minimum atomic E-state index is -0.152. The van der Waals surface area contributed by atoms with E-state index in [1.807, 2.05) is 49.4 Å².